The maximum Gasteiger partial charge on any atom is 0.264 e. The SMILES string of the molecule is CCCCCCOCCCCCCS(=O)(=O)O. The van der Waals surface area contributed by atoms with E-state index in [0.29, 0.717) is 6.42 Å². The van der Waals surface area contributed by atoms with Gasteiger partial charge >= 0.3 is 0 Å². The molecule has 0 aliphatic rings. The Morgan fingerprint density at radius 1 is 0.882 bits per heavy atom. The number of rotatable bonds is 12. The standard InChI is InChI=1S/C12H26O4S/c1-2-3-4-7-10-16-11-8-5-6-9-12-17(13,14)15/h2-12H2,1H3,(H,13,14,15). The van der Waals surface area contributed by atoms with Crippen LogP contribution in [-0.4, -0.2) is 31.9 Å². The molecular formula is C12H26O4S. The fourth-order valence-corrected chi connectivity index (χ4v) is 2.14. The van der Waals surface area contributed by atoms with Gasteiger partial charge in [-0.3, -0.25) is 4.55 Å². The molecule has 0 atom stereocenters. The molecule has 0 aromatic rings. The molecule has 0 rings (SSSR count). The van der Waals surface area contributed by atoms with Crippen molar-refractivity contribution in [3.63, 3.8) is 0 Å². The highest BCUT2D eigenvalue weighted by Gasteiger charge is 2.02. The van der Waals surface area contributed by atoms with Gasteiger partial charge in [-0.15, -0.1) is 0 Å². The molecule has 0 saturated heterocycles. The summed E-state index contributed by atoms with van der Waals surface area (Å²) in [5.74, 6) is -0.120. The van der Waals surface area contributed by atoms with E-state index < -0.39 is 10.1 Å². The minimum absolute atomic E-state index is 0.120. The van der Waals surface area contributed by atoms with Crippen LogP contribution in [0.3, 0.4) is 0 Å². The minimum atomic E-state index is -3.77. The van der Waals surface area contributed by atoms with Gasteiger partial charge < -0.3 is 4.74 Å². The van der Waals surface area contributed by atoms with E-state index in [4.69, 9.17) is 9.29 Å². The molecule has 5 heteroatoms. The smallest absolute Gasteiger partial charge is 0.264 e. The van der Waals surface area contributed by atoms with Crippen LogP contribution in [-0.2, 0) is 14.9 Å². The molecule has 0 amide bonds. The van der Waals surface area contributed by atoms with E-state index in [9.17, 15) is 8.42 Å². The lowest BCUT2D eigenvalue weighted by Gasteiger charge is -2.03. The lowest BCUT2D eigenvalue weighted by atomic mass is 10.2. The van der Waals surface area contributed by atoms with Crippen LogP contribution >= 0.6 is 0 Å². The Kier molecular flexibility index (Phi) is 10.9. The molecular weight excluding hydrogens is 240 g/mol. The largest absolute Gasteiger partial charge is 0.381 e. The summed E-state index contributed by atoms with van der Waals surface area (Å²) in [5.41, 5.74) is 0. The Morgan fingerprint density at radius 3 is 1.94 bits per heavy atom. The first-order valence-electron chi connectivity index (χ1n) is 6.59. The maximum atomic E-state index is 10.4. The second-order valence-electron chi connectivity index (χ2n) is 4.37. The van der Waals surface area contributed by atoms with Crippen molar-refractivity contribution in [2.75, 3.05) is 19.0 Å². The van der Waals surface area contributed by atoms with Crippen molar-refractivity contribution >= 4 is 10.1 Å². The highest BCUT2D eigenvalue weighted by Crippen LogP contribution is 2.03. The van der Waals surface area contributed by atoms with Gasteiger partial charge in [-0.25, -0.2) is 0 Å². The van der Waals surface area contributed by atoms with Gasteiger partial charge in [0.2, 0.25) is 0 Å². The fourth-order valence-electron chi connectivity index (χ4n) is 1.58. The average Bonchev–Trinajstić information content (AvgIpc) is 2.24. The summed E-state index contributed by atoms with van der Waals surface area (Å²) >= 11 is 0. The van der Waals surface area contributed by atoms with Gasteiger partial charge in [0.1, 0.15) is 0 Å². The van der Waals surface area contributed by atoms with Crippen molar-refractivity contribution in [1.82, 2.24) is 0 Å². The number of hydrogen-bond acceptors (Lipinski definition) is 3. The van der Waals surface area contributed by atoms with E-state index in [1.807, 2.05) is 0 Å². The van der Waals surface area contributed by atoms with Crippen LogP contribution < -0.4 is 0 Å². The van der Waals surface area contributed by atoms with E-state index in [2.05, 4.69) is 6.92 Å². The van der Waals surface area contributed by atoms with Crippen LogP contribution in [0.5, 0.6) is 0 Å². The highest BCUT2D eigenvalue weighted by molar-refractivity contribution is 7.85. The van der Waals surface area contributed by atoms with E-state index in [0.717, 1.165) is 38.9 Å². The van der Waals surface area contributed by atoms with Gasteiger partial charge in [-0.1, -0.05) is 39.0 Å². The summed E-state index contributed by atoms with van der Waals surface area (Å²) in [4.78, 5) is 0. The molecule has 0 heterocycles. The second kappa shape index (κ2) is 11.0. The van der Waals surface area contributed by atoms with E-state index in [1.165, 1.54) is 19.3 Å². The fraction of sp³-hybridized carbons (Fsp3) is 1.00. The zero-order valence-corrected chi connectivity index (χ0v) is 11.7. The lowest BCUT2D eigenvalue weighted by molar-refractivity contribution is 0.126. The first-order valence-corrected chi connectivity index (χ1v) is 8.20. The highest BCUT2D eigenvalue weighted by atomic mass is 32.2. The van der Waals surface area contributed by atoms with Crippen LogP contribution in [0.2, 0.25) is 0 Å². The normalized spacial score (nSPS) is 11.9. The molecule has 104 valence electrons. The topological polar surface area (TPSA) is 63.6 Å². The van der Waals surface area contributed by atoms with Crippen molar-refractivity contribution in [2.24, 2.45) is 0 Å². The van der Waals surface area contributed by atoms with Crippen molar-refractivity contribution < 1.29 is 17.7 Å². The summed E-state index contributed by atoms with van der Waals surface area (Å²) in [5, 5.41) is 0. The third kappa shape index (κ3) is 15.9. The molecule has 0 radical (unpaired) electrons. The van der Waals surface area contributed by atoms with Gasteiger partial charge in [-0.2, -0.15) is 8.42 Å². The van der Waals surface area contributed by atoms with Gasteiger partial charge in [0.05, 0.1) is 5.75 Å². The van der Waals surface area contributed by atoms with Crippen LogP contribution in [0.4, 0.5) is 0 Å². The molecule has 0 unspecified atom stereocenters. The number of ether oxygens (including phenoxy) is 1. The molecule has 0 aliphatic carbocycles. The zero-order valence-electron chi connectivity index (χ0n) is 10.9. The Balaban J connectivity index is 3.04. The summed E-state index contributed by atoms with van der Waals surface area (Å²) in [6.07, 6.45) is 8.20. The molecule has 0 aromatic heterocycles. The quantitative estimate of drug-likeness (QED) is 0.435. The third-order valence-corrected chi connectivity index (χ3v) is 3.39. The molecule has 0 aromatic carbocycles. The van der Waals surface area contributed by atoms with Crippen LogP contribution in [0.15, 0.2) is 0 Å². The Morgan fingerprint density at radius 2 is 1.41 bits per heavy atom. The number of unbranched alkanes of at least 4 members (excludes halogenated alkanes) is 6. The van der Waals surface area contributed by atoms with Crippen molar-refractivity contribution in [3.8, 4) is 0 Å². The first-order chi connectivity index (χ1) is 8.06. The Hall–Kier alpha value is -0.130. The monoisotopic (exact) mass is 266 g/mol. The molecule has 0 bridgehead atoms. The van der Waals surface area contributed by atoms with E-state index >= 15 is 0 Å². The van der Waals surface area contributed by atoms with Gasteiger partial charge in [0.15, 0.2) is 0 Å². The Bertz CT molecular complexity index is 249. The van der Waals surface area contributed by atoms with Crippen molar-refractivity contribution in [2.45, 2.75) is 58.3 Å². The van der Waals surface area contributed by atoms with Crippen LogP contribution in [0.1, 0.15) is 58.3 Å². The number of hydrogen-bond donors (Lipinski definition) is 1. The molecule has 0 fully saturated rings. The predicted molar refractivity (Wildman–Crippen MR) is 69.8 cm³/mol. The summed E-state index contributed by atoms with van der Waals surface area (Å²) in [6, 6.07) is 0. The molecule has 0 saturated carbocycles. The average molecular weight is 266 g/mol. The van der Waals surface area contributed by atoms with Crippen molar-refractivity contribution in [3.05, 3.63) is 0 Å². The van der Waals surface area contributed by atoms with Crippen molar-refractivity contribution in [1.29, 1.82) is 0 Å². The summed E-state index contributed by atoms with van der Waals surface area (Å²) in [7, 11) is -3.77. The molecule has 17 heavy (non-hydrogen) atoms. The van der Waals surface area contributed by atoms with E-state index in [1.54, 1.807) is 0 Å². The van der Waals surface area contributed by atoms with Crippen LogP contribution in [0, 0.1) is 0 Å². The van der Waals surface area contributed by atoms with Gasteiger partial charge in [0.25, 0.3) is 10.1 Å². The molecule has 0 aliphatic heterocycles. The predicted octanol–water partition coefficient (Wildman–Crippen LogP) is 3.03. The van der Waals surface area contributed by atoms with Crippen LogP contribution in [0.25, 0.3) is 0 Å². The minimum Gasteiger partial charge on any atom is -0.381 e. The maximum absolute atomic E-state index is 10.4. The second-order valence-corrected chi connectivity index (χ2v) is 5.95. The van der Waals surface area contributed by atoms with Gasteiger partial charge in [0, 0.05) is 13.2 Å². The van der Waals surface area contributed by atoms with Gasteiger partial charge in [-0.05, 0) is 19.3 Å². The summed E-state index contributed by atoms with van der Waals surface area (Å²) < 4.78 is 34.8. The zero-order chi connectivity index (χ0) is 13.0. The molecule has 0 spiro atoms. The first kappa shape index (κ1) is 16.9. The lowest BCUT2D eigenvalue weighted by Crippen LogP contribution is -2.03. The summed E-state index contributed by atoms with van der Waals surface area (Å²) in [6.45, 7) is 3.79. The third-order valence-electron chi connectivity index (χ3n) is 2.58. The van der Waals surface area contributed by atoms with E-state index in [-0.39, 0.29) is 5.75 Å². The molecule has 1 N–H and O–H groups in total. The Labute approximate surface area is 105 Å². The molecule has 4 nitrogen and oxygen atoms in total.